The second-order valence-electron chi connectivity index (χ2n) is 5.18. The minimum absolute atomic E-state index is 0.0789. The molecule has 0 saturated heterocycles. The van der Waals surface area contributed by atoms with E-state index < -0.39 is 5.97 Å². The number of carboxylic acid groups (broad SMARTS) is 1. The molecule has 2 aromatic carbocycles. The number of rotatable bonds is 2. The highest BCUT2D eigenvalue weighted by Crippen LogP contribution is 2.29. The highest BCUT2D eigenvalue weighted by molar-refractivity contribution is 7.17. The van der Waals surface area contributed by atoms with Crippen LogP contribution in [-0.4, -0.2) is 25.7 Å². The first-order valence-electron chi connectivity index (χ1n) is 7.03. The molecule has 0 saturated carbocycles. The molecule has 0 aliphatic heterocycles. The second-order valence-corrected chi connectivity index (χ2v) is 6.14. The topological polar surface area (TPSA) is 92.4 Å². The summed E-state index contributed by atoms with van der Waals surface area (Å²) in [5, 5.41) is 19.5. The van der Waals surface area contributed by atoms with Gasteiger partial charge in [-0.05, 0) is 30.3 Å². The van der Waals surface area contributed by atoms with Gasteiger partial charge in [-0.2, -0.15) is 0 Å². The van der Waals surface area contributed by atoms with Crippen molar-refractivity contribution in [2.75, 3.05) is 0 Å². The predicted octanol–water partition coefficient (Wildman–Crippen LogP) is 3.00. The van der Waals surface area contributed by atoms with Crippen LogP contribution in [0.1, 0.15) is 10.4 Å². The average molecular weight is 338 g/mol. The van der Waals surface area contributed by atoms with Gasteiger partial charge in [-0.25, -0.2) is 9.78 Å². The minimum atomic E-state index is -1.10. The van der Waals surface area contributed by atoms with Gasteiger partial charge < -0.3 is 10.2 Å². The predicted molar refractivity (Wildman–Crippen MR) is 91.3 cm³/mol. The number of benzene rings is 2. The number of aromatic hydroxyl groups is 1. The number of phenolic OH excluding ortho intramolecular Hbond substituents is 1. The Hall–Kier alpha value is -3.19. The normalized spacial score (nSPS) is 11.2. The maximum atomic E-state index is 12.5. The molecule has 7 heteroatoms. The molecule has 0 spiro atoms. The number of carboxylic acids is 1. The van der Waals surface area contributed by atoms with E-state index in [-0.39, 0.29) is 16.2 Å². The quantitative estimate of drug-likeness (QED) is 0.586. The van der Waals surface area contributed by atoms with Gasteiger partial charge in [0, 0.05) is 5.39 Å². The molecule has 0 aliphatic carbocycles. The van der Waals surface area contributed by atoms with Gasteiger partial charge in [0.1, 0.15) is 5.75 Å². The van der Waals surface area contributed by atoms with Crippen LogP contribution < -0.4 is 4.87 Å². The molecule has 4 aromatic rings. The molecular formula is C17H10N2O4S. The molecule has 0 amide bonds. The van der Waals surface area contributed by atoms with Gasteiger partial charge in [0.05, 0.1) is 21.5 Å². The molecule has 0 aliphatic rings. The van der Waals surface area contributed by atoms with Crippen LogP contribution in [-0.2, 0) is 0 Å². The van der Waals surface area contributed by atoms with Crippen LogP contribution in [0.25, 0.3) is 26.9 Å². The number of aromatic nitrogens is 2. The number of fused-ring (bicyclic) bond motifs is 2. The third-order valence-electron chi connectivity index (χ3n) is 3.74. The molecule has 0 bridgehead atoms. The van der Waals surface area contributed by atoms with E-state index >= 15 is 0 Å². The van der Waals surface area contributed by atoms with E-state index in [1.54, 1.807) is 36.4 Å². The first-order chi connectivity index (χ1) is 11.6. The fourth-order valence-corrected chi connectivity index (χ4v) is 3.68. The molecule has 0 unspecified atom stereocenters. The minimum Gasteiger partial charge on any atom is -0.508 e. The molecule has 0 radical (unpaired) electrons. The van der Waals surface area contributed by atoms with E-state index in [1.165, 1.54) is 16.7 Å². The molecule has 6 nitrogen and oxygen atoms in total. The van der Waals surface area contributed by atoms with Crippen molar-refractivity contribution in [2.24, 2.45) is 0 Å². The number of hydrogen-bond acceptors (Lipinski definition) is 5. The van der Waals surface area contributed by atoms with Crippen molar-refractivity contribution in [3.05, 3.63) is 63.8 Å². The maximum Gasteiger partial charge on any atom is 0.337 e. The first kappa shape index (κ1) is 14.4. The Kier molecular flexibility index (Phi) is 3.10. The molecule has 0 fully saturated rings. The van der Waals surface area contributed by atoms with E-state index in [9.17, 15) is 19.8 Å². The lowest BCUT2D eigenvalue weighted by molar-refractivity contribution is 0.0701. The SMILES string of the molecule is O=C(O)c1c2ccccc2nc2c1sc(=O)n2-c1ccc(O)cc1. The van der Waals surface area contributed by atoms with Crippen LogP contribution >= 0.6 is 11.3 Å². The van der Waals surface area contributed by atoms with Gasteiger partial charge >= 0.3 is 10.8 Å². The Morgan fingerprint density at radius 1 is 1.08 bits per heavy atom. The second kappa shape index (κ2) is 5.17. The average Bonchev–Trinajstić information content (AvgIpc) is 2.88. The Morgan fingerprint density at radius 2 is 1.79 bits per heavy atom. The zero-order valence-corrected chi connectivity index (χ0v) is 12.9. The summed E-state index contributed by atoms with van der Waals surface area (Å²) in [6, 6.07) is 13.0. The van der Waals surface area contributed by atoms with E-state index in [0.717, 1.165) is 11.3 Å². The number of hydrogen-bond donors (Lipinski definition) is 2. The molecule has 2 N–H and O–H groups in total. The molecule has 24 heavy (non-hydrogen) atoms. The number of para-hydroxylation sites is 1. The molecule has 0 atom stereocenters. The van der Waals surface area contributed by atoms with Crippen molar-refractivity contribution in [3.8, 4) is 11.4 Å². The van der Waals surface area contributed by atoms with Crippen molar-refractivity contribution in [2.45, 2.75) is 0 Å². The molecule has 118 valence electrons. The third-order valence-corrected chi connectivity index (χ3v) is 4.68. The lowest BCUT2D eigenvalue weighted by atomic mass is 10.1. The number of pyridine rings is 1. The zero-order chi connectivity index (χ0) is 16.8. The van der Waals surface area contributed by atoms with E-state index in [2.05, 4.69) is 4.98 Å². The summed E-state index contributed by atoms with van der Waals surface area (Å²) >= 11 is 0.849. The lowest BCUT2D eigenvalue weighted by Gasteiger charge is -2.06. The Morgan fingerprint density at radius 3 is 2.50 bits per heavy atom. The van der Waals surface area contributed by atoms with Crippen LogP contribution in [0.2, 0.25) is 0 Å². The maximum absolute atomic E-state index is 12.5. The van der Waals surface area contributed by atoms with Crippen molar-refractivity contribution < 1.29 is 15.0 Å². The van der Waals surface area contributed by atoms with E-state index in [0.29, 0.717) is 26.9 Å². The smallest absolute Gasteiger partial charge is 0.337 e. The van der Waals surface area contributed by atoms with Crippen molar-refractivity contribution in [3.63, 3.8) is 0 Å². The summed E-state index contributed by atoms with van der Waals surface area (Å²) in [6.07, 6.45) is 0. The largest absolute Gasteiger partial charge is 0.508 e. The van der Waals surface area contributed by atoms with Gasteiger partial charge in [0.25, 0.3) is 0 Å². The summed E-state index contributed by atoms with van der Waals surface area (Å²) in [7, 11) is 0. The van der Waals surface area contributed by atoms with Crippen molar-refractivity contribution >= 4 is 38.6 Å². The summed E-state index contributed by atoms with van der Waals surface area (Å²) < 4.78 is 1.69. The Bertz CT molecular complexity index is 1160. The van der Waals surface area contributed by atoms with Crippen LogP contribution in [0, 0.1) is 0 Å². The van der Waals surface area contributed by atoms with Gasteiger partial charge in [-0.1, -0.05) is 29.5 Å². The van der Waals surface area contributed by atoms with Crippen LogP contribution in [0.15, 0.2) is 53.3 Å². The number of carbonyl (C=O) groups is 1. The molecule has 2 heterocycles. The summed E-state index contributed by atoms with van der Waals surface area (Å²) in [5.74, 6) is -1.02. The van der Waals surface area contributed by atoms with Gasteiger partial charge in [0.2, 0.25) is 0 Å². The van der Waals surface area contributed by atoms with Gasteiger partial charge in [-0.15, -0.1) is 0 Å². The molecule has 2 aromatic heterocycles. The highest BCUT2D eigenvalue weighted by atomic mass is 32.1. The summed E-state index contributed by atoms with van der Waals surface area (Å²) in [4.78, 5) is 28.4. The Labute approximate surface area is 138 Å². The zero-order valence-electron chi connectivity index (χ0n) is 12.1. The lowest BCUT2D eigenvalue weighted by Crippen LogP contribution is -2.11. The third kappa shape index (κ3) is 2.06. The van der Waals surface area contributed by atoms with E-state index in [1.807, 2.05) is 0 Å². The number of nitrogens with zero attached hydrogens (tertiary/aromatic N) is 2. The first-order valence-corrected chi connectivity index (χ1v) is 7.85. The number of phenols is 1. The monoisotopic (exact) mass is 338 g/mol. The standard InChI is InChI=1S/C17H10N2O4S/c20-10-7-5-9(6-8-10)19-15-14(24-17(19)23)13(16(21)22)11-3-1-2-4-12(11)18-15/h1-8,20H,(H,21,22). The van der Waals surface area contributed by atoms with Crippen LogP contribution in [0.5, 0.6) is 5.75 Å². The highest BCUT2D eigenvalue weighted by Gasteiger charge is 2.21. The van der Waals surface area contributed by atoms with E-state index in [4.69, 9.17) is 0 Å². The number of aromatic carboxylic acids is 1. The van der Waals surface area contributed by atoms with Crippen molar-refractivity contribution in [1.29, 1.82) is 0 Å². The fraction of sp³-hybridized carbons (Fsp3) is 0. The van der Waals surface area contributed by atoms with Crippen LogP contribution in [0.4, 0.5) is 0 Å². The van der Waals surface area contributed by atoms with Gasteiger partial charge in [-0.3, -0.25) is 9.36 Å². The fourth-order valence-electron chi connectivity index (χ4n) is 2.69. The van der Waals surface area contributed by atoms with Crippen molar-refractivity contribution in [1.82, 2.24) is 9.55 Å². The molecular weight excluding hydrogens is 328 g/mol. The summed E-state index contributed by atoms with van der Waals surface area (Å²) in [5.41, 5.74) is 1.40. The molecule has 4 rings (SSSR count). The Balaban J connectivity index is 2.17. The van der Waals surface area contributed by atoms with Gasteiger partial charge in [0.15, 0.2) is 5.65 Å². The van der Waals surface area contributed by atoms with Crippen LogP contribution in [0.3, 0.4) is 0 Å². The summed E-state index contributed by atoms with van der Waals surface area (Å²) in [6.45, 7) is 0. The number of thiazole rings is 1.